The zero-order valence-corrected chi connectivity index (χ0v) is 11.5. The molecule has 9 nitrogen and oxygen atoms in total. The van der Waals surface area contributed by atoms with Crippen molar-refractivity contribution in [1.29, 1.82) is 0 Å². The van der Waals surface area contributed by atoms with Crippen LogP contribution < -0.4 is 11.5 Å². The monoisotopic (exact) mass is 290 g/mol. The predicted octanol–water partition coefficient (Wildman–Crippen LogP) is -2.97. The van der Waals surface area contributed by atoms with Crippen molar-refractivity contribution in [2.24, 2.45) is 11.5 Å². The molecule has 0 aromatic carbocycles. The predicted molar refractivity (Wildman–Crippen MR) is 70.6 cm³/mol. The van der Waals surface area contributed by atoms with Crippen molar-refractivity contribution in [1.82, 2.24) is 9.80 Å². The molecule has 0 unspecified atom stereocenters. The summed E-state index contributed by atoms with van der Waals surface area (Å²) in [6.45, 7) is 1.47. The Bertz CT molecular complexity index is 334. The molecule has 6 N–H and O–H groups in total. The Morgan fingerprint density at radius 1 is 1.10 bits per heavy atom. The van der Waals surface area contributed by atoms with E-state index in [0.29, 0.717) is 0 Å². The molecule has 0 radical (unpaired) electrons. The van der Waals surface area contributed by atoms with Gasteiger partial charge in [-0.2, -0.15) is 0 Å². The highest BCUT2D eigenvalue weighted by Gasteiger charge is 2.21. The Hall–Kier alpha value is -1.71. The van der Waals surface area contributed by atoms with E-state index in [1.807, 2.05) is 0 Å². The third-order valence-corrected chi connectivity index (χ3v) is 2.64. The Labute approximate surface area is 117 Å². The van der Waals surface area contributed by atoms with Crippen molar-refractivity contribution >= 4 is 17.8 Å². The van der Waals surface area contributed by atoms with E-state index in [2.05, 4.69) is 0 Å². The van der Waals surface area contributed by atoms with Crippen LogP contribution >= 0.6 is 0 Å². The van der Waals surface area contributed by atoms with Crippen LogP contribution in [-0.2, 0) is 14.4 Å². The van der Waals surface area contributed by atoms with Crippen LogP contribution in [0.5, 0.6) is 0 Å². The van der Waals surface area contributed by atoms with Gasteiger partial charge in [0.25, 0.3) is 0 Å². The number of rotatable bonds is 11. The number of primary amides is 2. The minimum Gasteiger partial charge on any atom is -0.480 e. The van der Waals surface area contributed by atoms with Gasteiger partial charge in [0.05, 0.1) is 26.2 Å². The van der Waals surface area contributed by atoms with Gasteiger partial charge in [0.2, 0.25) is 11.8 Å². The van der Waals surface area contributed by atoms with Gasteiger partial charge < -0.3 is 21.7 Å². The van der Waals surface area contributed by atoms with Crippen molar-refractivity contribution in [2.45, 2.75) is 13.0 Å². The number of hydrogen-bond donors (Lipinski definition) is 4. The van der Waals surface area contributed by atoms with Crippen LogP contribution in [0.15, 0.2) is 0 Å². The fourth-order valence-electron chi connectivity index (χ4n) is 1.83. The first-order chi connectivity index (χ1) is 9.26. The zero-order chi connectivity index (χ0) is 15.7. The molecule has 0 rings (SSSR count). The van der Waals surface area contributed by atoms with Crippen molar-refractivity contribution in [3.63, 3.8) is 0 Å². The zero-order valence-electron chi connectivity index (χ0n) is 11.5. The standard InChI is InChI=1S/C11H22N4O5/c1-8(4-14(2-3-16)5-9(12)17)15(6-10(13)18)7-11(19)20/h8,16H,2-7H2,1H3,(H2,12,17)(H2,13,18)(H,19,20)/t8-/m0/s1. The number of aliphatic hydroxyl groups is 1. The Morgan fingerprint density at radius 2 is 1.65 bits per heavy atom. The summed E-state index contributed by atoms with van der Waals surface area (Å²) in [4.78, 5) is 35.6. The van der Waals surface area contributed by atoms with Gasteiger partial charge in [-0.1, -0.05) is 0 Å². The number of carbonyl (C=O) groups excluding carboxylic acids is 2. The Kier molecular flexibility index (Phi) is 8.45. The van der Waals surface area contributed by atoms with Gasteiger partial charge in [0.15, 0.2) is 0 Å². The molecule has 116 valence electrons. The highest BCUT2D eigenvalue weighted by molar-refractivity contribution is 5.77. The average molecular weight is 290 g/mol. The van der Waals surface area contributed by atoms with Gasteiger partial charge in [-0.05, 0) is 6.92 Å². The third-order valence-electron chi connectivity index (χ3n) is 2.64. The number of amides is 2. The van der Waals surface area contributed by atoms with E-state index in [-0.39, 0.29) is 45.4 Å². The van der Waals surface area contributed by atoms with Crippen molar-refractivity contribution < 1.29 is 24.6 Å². The maximum absolute atomic E-state index is 10.9. The molecule has 9 heteroatoms. The van der Waals surface area contributed by atoms with Crippen LogP contribution in [0.3, 0.4) is 0 Å². The molecular formula is C11H22N4O5. The second kappa shape index (κ2) is 9.23. The Morgan fingerprint density at radius 3 is 2.05 bits per heavy atom. The normalized spacial score (nSPS) is 12.6. The quantitative estimate of drug-likeness (QED) is 0.317. The van der Waals surface area contributed by atoms with E-state index in [4.69, 9.17) is 21.7 Å². The highest BCUT2D eigenvalue weighted by atomic mass is 16.4. The summed E-state index contributed by atoms with van der Waals surface area (Å²) in [5.41, 5.74) is 10.2. The molecule has 2 amide bonds. The fraction of sp³-hybridized carbons (Fsp3) is 0.727. The molecule has 0 aliphatic carbocycles. The van der Waals surface area contributed by atoms with Gasteiger partial charge in [-0.25, -0.2) is 0 Å². The van der Waals surface area contributed by atoms with E-state index in [0.717, 1.165) is 0 Å². The molecule has 0 aromatic rings. The summed E-state index contributed by atoms with van der Waals surface area (Å²) in [7, 11) is 0. The molecule has 0 aliphatic heterocycles. The minimum atomic E-state index is -1.08. The maximum atomic E-state index is 10.9. The summed E-state index contributed by atoms with van der Waals surface area (Å²) >= 11 is 0. The highest BCUT2D eigenvalue weighted by Crippen LogP contribution is 2.02. The van der Waals surface area contributed by atoms with Crippen LogP contribution in [0.25, 0.3) is 0 Å². The van der Waals surface area contributed by atoms with E-state index in [1.165, 1.54) is 4.90 Å². The van der Waals surface area contributed by atoms with Crippen molar-refractivity contribution in [3.05, 3.63) is 0 Å². The lowest BCUT2D eigenvalue weighted by molar-refractivity contribution is -0.139. The van der Waals surface area contributed by atoms with E-state index in [9.17, 15) is 14.4 Å². The SMILES string of the molecule is C[C@@H](CN(CCO)CC(N)=O)N(CC(N)=O)CC(=O)O. The van der Waals surface area contributed by atoms with Crippen molar-refractivity contribution in [3.8, 4) is 0 Å². The van der Waals surface area contributed by atoms with Crippen LogP contribution in [0.2, 0.25) is 0 Å². The third kappa shape index (κ3) is 8.40. The molecule has 20 heavy (non-hydrogen) atoms. The first-order valence-corrected chi connectivity index (χ1v) is 6.12. The first kappa shape index (κ1) is 18.3. The number of aliphatic hydroxyl groups excluding tert-OH is 1. The summed E-state index contributed by atoms with van der Waals surface area (Å²) in [5.74, 6) is -2.27. The van der Waals surface area contributed by atoms with Crippen LogP contribution in [0.4, 0.5) is 0 Å². The molecule has 1 atom stereocenters. The molecule has 0 fully saturated rings. The number of aliphatic carboxylic acids is 1. The van der Waals surface area contributed by atoms with Gasteiger partial charge in [0, 0.05) is 19.1 Å². The lowest BCUT2D eigenvalue weighted by Gasteiger charge is -2.31. The molecule has 0 aliphatic rings. The summed E-state index contributed by atoms with van der Waals surface area (Å²) in [5, 5.41) is 17.7. The maximum Gasteiger partial charge on any atom is 0.317 e. The van der Waals surface area contributed by atoms with E-state index >= 15 is 0 Å². The van der Waals surface area contributed by atoms with Gasteiger partial charge in [-0.15, -0.1) is 0 Å². The smallest absolute Gasteiger partial charge is 0.317 e. The Balaban J connectivity index is 4.66. The van der Waals surface area contributed by atoms with Gasteiger partial charge in [-0.3, -0.25) is 24.2 Å². The second-order valence-corrected chi connectivity index (χ2v) is 4.54. The van der Waals surface area contributed by atoms with Crippen LogP contribution in [-0.4, -0.2) is 83.2 Å². The van der Waals surface area contributed by atoms with E-state index < -0.39 is 17.8 Å². The van der Waals surface area contributed by atoms with Gasteiger partial charge in [0.1, 0.15) is 0 Å². The van der Waals surface area contributed by atoms with Crippen LogP contribution in [0.1, 0.15) is 6.92 Å². The number of carboxylic acid groups (broad SMARTS) is 1. The average Bonchev–Trinajstić information content (AvgIpc) is 2.26. The molecule has 0 heterocycles. The summed E-state index contributed by atoms with van der Waals surface area (Å²) < 4.78 is 0. The molecule has 0 spiro atoms. The summed E-state index contributed by atoms with van der Waals surface area (Å²) in [6, 6.07) is -0.343. The van der Waals surface area contributed by atoms with Gasteiger partial charge >= 0.3 is 5.97 Å². The molecule has 0 saturated heterocycles. The minimum absolute atomic E-state index is 0.0532. The fourth-order valence-corrected chi connectivity index (χ4v) is 1.83. The number of nitrogens with two attached hydrogens (primary N) is 2. The molecule has 0 saturated carbocycles. The molecule has 0 aromatic heterocycles. The number of carboxylic acids is 1. The van der Waals surface area contributed by atoms with Crippen LogP contribution in [0, 0.1) is 0 Å². The van der Waals surface area contributed by atoms with Crippen molar-refractivity contribution in [2.75, 3.05) is 39.3 Å². The second-order valence-electron chi connectivity index (χ2n) is 4.54. The largest absolute Gasteiger partial charge is 0.480 e. The molecule has 0 bridgehead atoms. The number of hydrogen-bond acceptors (Lipinski definition) is 6. The number of nitrogens with zero attached hydrogens (tertiary/aromatic N) is 2. The number of carbonyl (C=O) groups is 3. The van der Waals surface area contributed by atoms with E-state index in [1.54, 1.807) is 11.8 Å². The summed E-state index contributed by atoms with van der Waals surface area (Å²) in [6.07, 6.45) is 0. The topological polar surface area (TPSA) is 150 Å². The first-order valence-electron chi connectivity index (χ1n) is 6.12. The lowest BCUT2D eigenvalue weighted by atomic mass is 10.2. The molecular weight excluding hydrogens is 268 g/mol. The lowest BCUT2D eigenvalue weighted by Crippen LogP contribution is -2.49.